The first-order valence-corrected chi connectivity index (χ1v) is 9.84. The third-order valence-electron chi connectivity index (χ3n) is 4.04. The summed E-state index contributed by atoms with van der Waals surface area (Å²) in [5.74, 6) is -0.482. The predicted octanol–water partition coefficient (Wildman–Crippen LogP) is 4.02. The van der Waals surface area contributed by atoms with Gasteiger partial charge >= 0.3 is 0 Å². The molecule has 0 aliphatic carbocycles. The van der Waals surface area contributed by atoms with E-state index in [2.05, 4.69) is 36.8 Å². The maximum atomic E-state index is 12.6. The lowest BCUT2D eigenvalue weighted by Gasteiger charge is -2.11. The number of nitrogens with zero attached hydrogens (tertiary/aromatic N) is 2. The van der Waals surface area contributed by atoms with Gasteiger partial charge in [-0.05, 0) is 55.5 Å². The summed E-state index contributed by atoms with van der Waals surface area (Å²) in [6.45, 7) is 1.55. The summed E-state index contributed by atoms with van der Waals surface area (Å²) in [5, 5.41) is 6.85. The lowest BCUT2D eigenvalue weighted by Crippen LogP contribution is -2.23. The van der Waals surface area contributed by atoms with E-state index in [1.807, 2.05) is 12.1 Å². The van der Waals surface area contributed by atoms with Crippen LogP contribution in [-0.4, -0.2) is 29.1 Å². The van der Waals surface area contributed by atoms with Crippen LogP contribution in [0, 0.1) is 0 Å². The van der Waals surface area contributed by atoms with E-state index >= 15 is 0 Å². The Hall–Kier alpha value is -3.52. The van der Waals surface area contributed by atoms with Gasteiger partial charge in [0.2, 0.25) is 0 Å². The fourth-order valence-corrected chi connectivity index (χ4v) is 2.77. The molecular weight excluding hydrogens is 448 g/mol. The molecule has 0 bridgehead atoms. The molecule has 30 heavy (non-hydrogen) atoms. The number of aromatic nitrogens is 1. The van der Waals surface area contributed by atoms with Crippen molar-refractivity contribution >= 4 is 39.1 Å². The van der Waals surface area contributed by atoms with Crippen LogP contribution in [0.4, 0.5) is 5.69 Å². The number of rotatable bonds is 7. The molecule has 0 spiro atoms. The van der Waals surface area contributed by atoms with Crippen LogP contribution in [0.1, 0.15) is 22.8 Å². The van der Waals surface area contributed by atoms with Gasteiger partial charge in [-0.15, -0.1) is 0 Å². The van der Waals surface area contributed by atoms with Crippen molar-refractivity contribution in [3.63, 3.8) is 0 Å². The Morgan fingerprint density at radius 1 is 1.03 bits per heavy atom. The molecule has 0 saturated carbocycles. The number of amides is 2. The van der Waals surface area contributed by atoms with Crippen LogP contribution in [0.3, 0.4) is 0 Å². The van der Waals surface area contributed by atoms with Gasteiger partial charge in [-0.3, -0.25) is 14.6 Å². The number of ether oxygens (including phenoxy) is 1. The van der Waals surface area contributed by atoms with Gasteiger partial charge < -0.3 is 10.1 Å². The van der Waals surface area contributed by atoms with Gasteiger partial charge in [0.05, 0.1) is 11.3 Å². The molecule has 2 amide bonds. The minimum absolute atomic E-state index is 0.236. The van der Waals surface area contributed by atoms with Crippen LogP contribution < -0.4 is 15.5 Å². The highest BCUT2D eigenvalue weighted by Gasteiger charge is 2.13. The van der Waals surface area contributed by atoms with Crippen molar-refractivity contribution in [3.05, 3.63) is 88.7 Å². The lowest BCUT2D eigenvalue weighted by atomic mass is 10.2. The molecule has 0 fully saturated rings. The number of hydrogen-bond donors (Lipinski definition) is 2. The third kappa shape index (κ3) is 5.99. The summed E-state index contributed by atoms with van der Waals surface area (Å²) in [5.41, 5.74) is 4.93. The molecule has 7 nitrogen and oxygen atoms in total. The first kappa shape index (κ1) is 21.2. The minimum Gasteiger partial charge on any atom is -0.483 e. The van der Waals surface area contributed by atoms with Crippen molar-refractivity contribution in [2.24, 2.45) is 5.10 Å². The molecule has 0 aliphatic rings. The Labute approximate surface area is 182 Å². The van der Waals surface area contributed by atoms with Crippen LogP contribution >= 0.6 is 15.9 Å². The molecule has 0 atom stereocenters. The number of anilines is 1. The molecule has 2 N–H and O–H groups in total. The van der Waals surface area contributed by atoms with E-state index in [0.717, 1.165) is 10.0 Å². The Morgan fingerprint density at radius 3 is 2.47 bits per heavy atom. The number of benzene rings is 2. The molecule has 2 aromatic carbocycles. The highest BCUT2D eigenvalue weighted by molar-refractivity contribution is 9.10. The minimum atomic E-state index is -0.438. The number of hydrogen-bond acceptors (Lipinski definition) is 5. The van der Waals surface area contributed by atoms with E-state index in [4.69, 9.17) is 4.74 Å². The summed E-state index contributed by atoms with van der Waals surface area (Å²) in [7, 11) is 0. The van der Waals surface area contributed by atoms with Crippen molar-refractivity contribution in [3.8, 4) is 5.75 Å². The Kier molecular flexibility index (Phi) is 7.29. The number of halogens is 1. The van der Waals surface area contributed by atoms with Crippen LogP contribution in [0.2, 0.25) is 0 Å². The lowest BCUT2D eigenvalue weighted by molar-refractivity contribution is -0.118. The Bertz CT molecular complexity index is 1050. The number of carbonyl (C=O) groups excluding carboxylic acids is 2. The molecule has 0 radical (unpaired) electrons. The maximum absolute atomic E-state index is 12.6. The van der Waals surface area contributed by atoms with Crippen molar-refractivity contribution in [1.82, 2.24) is 10.4 Å². The first-order valence-electron chi connectivity index (χ1n) is 9.05. The van der Waals surface area contributed by atoms with Gasteiger partial charge in [0.15, 0.2) is 6.61 Å². The normalized spacial score (nSPS) is 10.9. The second-order valence-electron chi connectivity index (χ2n) is 6.21. The van der Waals surface area contributed by atoms with Gasteiger partial charge in [0.1, 0.15) is 5.75 Å². The van der Waals surface area contributed by atoms with Crippen molar-refractivity contribution in [1.29, 1.82) is 0 Å². The van der Waals surface area contributed by atoms with E-state index in [1.165, 1.54) is 0 Å². The standard InChI is InChI=1S/C22H19BrN4O3/c1-15(16-10-12-24-13-11-16)26-27-22(29)19-4-2-3-5-20(19)30-14-21(28)25-18-8-6-17(23)7-9-18/h2-13H,14H2,1H3,(H,25,28)(H,27,29)/b26-15-. The fourth-order valence-electron chi connectivity index (χ4n) is 2.51. The molecule has 1 aromatic heterocycles. The van der Waals surface area contributed by atoms with E-state index < -0.39 is 5.91 Å². The molecule has 0 unspecified atom stereocenters. The van der Waals surface area contributed by atoms with Crippen LogP contribution in [0.25, 0.3) is 0 Å². The Balaban J connectivity index is 1.61. The molecule has 1 heterocycles. The predicted molar refractivity (Wildman–Crippen MR) is 119 cm³/mol. The van der Waals surface area contributed by atoms with E-state index in [0.29, 0.717) is 11.4 Å². The van der Waals surface area contributed by atoms with Gasteiger partial charge in [-0.1, -0.05) is 28.1 Å². The molecule has 152 valence electrons. The summed E-state index contributed by atoms with van der Waals surface area (Å²) in [6.07, 6.45) is 3.30. The number of nitrogens with one attached hydrogen (secondary N) is 2. The number of carbonyl (C=O) groups is 2. The zero-order chi connectivity index (χ0) is 21.3. The number of hydrazone groups is 1. The summed E-state index contributed by atoms with van der Waals surface area (Å²) in [4.78, 5) is 28.7. The largest absolute Gasteiger partial charge is 0.483 e. The topological polar surface area (TPSA) is 92.7 Å². The monoisotopic (exact) mass is 466 g/mol. The molecule has 3 aromatic rings. The van der Waals surface area contributed by atoms with Crippen LogP contribution in [0.5, 0.6) is 5.75 Å². The second kappa shape index (κ2) is 10.3. The van der Waals surface area contributed by atoms with E-state index in [1.54, 1.807) is 67.8 Å². The quantitative estimate of drug-likeness (QED) is 0.406. The van der Waals surface area contributed by atoms with Gasteiger partial charge in [-0.25, -0.2) is 5.43 Å². The number of pyridine rings is 1. The van der Waals surface area contributed by atoms with Crippen LogP contribution in [0.15, 0.2) is 82.6 Å². The van der Waals surface area contributed by atoms with Gasteiger partial charge in [0, 0.05) is 28.1 Å². The third-order valence-corrected chi connectivity index (χ3v) is 4.57. The van der Waals surface area contributed by atoms with E-state index in [-0.39, 0.29) is 23.8 Å². The first-order chi connectivity index (χ1) is 14.5. The van der Waals surface area contributed by atoms with Gasteiger partial charge in [0.25, 0.3) is 11.8 Å². The van der Waals surface area contributed by atoms with Crippen molar-refractivity contribution in [2.75, 3.05) is 11.9 Å². The molecular formula is C22H19BrN4O3. The highest BCUT2D eigenvalue weighted by Crippen LogP contribution is 2.18. The fraction of sp³-hybridized carbons (Fsp3) is 0.0909. The Morgan fingerprint density at radius 2 is 1.73 bits per heavy atom. The summed E-state index contributed by atoms with van der Waals surface area (Å²) in [6, 6.07) is 17.5. The average molecular weight is 467 g/mol. The zero-order valence-corrected chi connectivity index (χ0v) is 17.7. The summed E-state index contributed by atoms with van der Waals surface area (Å²) >= 11 is 3.34. The zero-order valence-electron chi connectivity index (χ0n) is 16.1. The maximum Gasteiger partial charge on any atom is 0.275 e. The second-order valence-corrected chi connectivity index (χ2v) is 7.13. The number of para-hydroxylation sites is 1. The smallest absolute Gasteiger partial charge is 0.275 e. The molecule has 3 rings (SSSR count). The summed E-state index contributed by atoms with van der Waals surface area (Å²) < 4.78 is 6.48. The SMILES string of the molecule is C/C(=N/NC(=O)c1ccccc1OCC(=O)Nc1ccc(Br)cc1)c1ccncc1. The van der Waals surface area contributed by atoms with Crippen molar-refractivity contribution < 1.29 is 14.3 Å². The molecule has 0 saturated heterocycles. The molecule has 0 aliphatic heterocycles. The molecule has 8 heteroatoms. The highest BCUT2D eigenvalue weighted by atomic mass is 79.9. The average Bonchev–Trinajstić information content (AvgIpc) is 2.78. The van der Waals surface area contributed by atoms with E-state index in [9.17, 15) is 9.59 Å². The van der Waals surface area contributed by atoms with Crippen LogP contribution in [-0.2, 0) is 4.79 Å². The van der Waals surface area contributed by atoms with Gasteiger partial charge in [-0.2, -0.15) is 5.10 Å². The van der Waals surface area contributed by atoms with Crippen molar-refractivity contribution in [2.45, 2.75) is 6.92 Å².